The summed E-state index contributed by atoms with van der Waals surface area (Å²) in [4.78, 5) is 27.5. The number of rotatable bonds is 3. The topological polar surface area (TPSA) is 120 Å². The summed E-state index contributed by atoms with van der Waals surface area (Å²) in [5, 5.41) is 9.72. The van der Waals surface area contributed by atoms with Crippen molar-refractivity contribution in [2.45, 2.75) is 49.5 Å². The minimum Gasteiger partial charge on any atom is -0.444 e. The molecule has 1 fully saturated rings. The van der Waals surface area contributed by atoms with Crippen molar-refractivity contribution in [3.63, 3.8) is 0 Å². The highest BCUT2D eigenvalue weighted by Crippen LogP contribution is 2.29. The molecule has 1 aliphatic rings. The number of nitro groups is 1. The van der Waals surface area contributed by atoms with Gasteiger partial charge in [-0.1, -0.05) is 0 Å². The molecule has 0 bridgehead atoms. The van der Waals surface area contributed by atoms with Gasteiger partial charge in [-0.3, -0.25) is 10.1 Å². The minimum absolute atomic E-state index is 0.176. The lowest BCUT2D eigenvalue weighted by Crippen LogP contribution is -2.44. The molecule has 10 heteroatoms. The number of amides is 1. The van der Waals surface area contributed by atoms with Gasteiger partial charge in [-0.15, -0.1) is 0 Å². The summed E-state index contributed by atoms with van der Waals surface area (Å²) in [6.07, 6.45) is 1.08. The van der Waals surface area contributed by atoms with Gasteiger partial charge in [0.25, 0.3) is 0 Å². The highest BCUT2D eigenvalue weighted by Gasteiger charge is 2.38. The third-order valence-electron chi connectivity index (χ3n) is 3.75. The molecule has 1 saturated heterocycles. The average molecular weight is 371 g/mol. The normalized spacial score (nSPS) is 16.5. The van der Waals surface area contributed by atoms with E-state index in [0.717, 1.165) is 6.07 Å². The van der Waals surface area contributed by atoms with E-state index in [1.165, 1.54) is 17.2 Å². The molecule has 2 heterocycles. The molecule has 25 heavy (non-hydrogen) atoms. The number of pyridine rings is 1. The number of carbonyl (C=O) groups is 1. The Bertz CT molecular complexity index is 764. The van der Waals surface area contributed by atoms with Gasteiger partial charge in [0, 0.05) is 25.4 Å². The first kappa shape index (κ1) is 19.1. The van der Waals surface area contributed by atoms with Gasteiger partial charge < -0.3 is 9.64 Å². The van der Waals surface area contributed by atoms with Gasteiger partial charge >= 0.3 is 11.8 Å². The largest absolute Gasteiger partial charge is 0.444 e. The molecule has 0 radical (unpaired) electrons. The number of hydrogen-bond donors (Lipinski definition) is 0. The van der Waals surface area contributed by atoms with Gasteiger partial charge in [0.2, 0.25) is 14.9 Å². The fourth-order valence-electron chi connectivity index (χ4n) is 2.57. The summed E-state index contributed by atoms with van der Waals surface area (Å²) in [5.74, 6) is 0. The Kier molecular flexibility index (Phi) is 5.31. The van der Waals surface area contributed by atoms with Crippen LogP contribution in [-0.2, 0) is 14.6 Å². The first-order valence-electron chi connectivity index (χ1n) is 7.83. The molecule has 9 nitrogen and oxygen atoms in total. The highest BCUT2D eigenvalue weighted by molar-refractivity contribution is 7.92. The molecule has 1 aromatic heterocycles. The molecule has 0 unspecified atom stereocenters. The molecule has 1 amide bonds. The Labute approximate surface area is 146 Å². The molecule has 0 N–H and O–H groups in total. The molecule has 0 atom stereocenters. The lowest BCUT2D eigenvalue weighted by molar-refractivity contribution is -0.388. The van der Waals surface area contributed by atoms with Crippen LogP contribution in [0.4, 0.5) is 10.5 Å². The van der Waals surface area contributed by atoms with Crippen LogP contribution in [-0.4, -0.2) is 53.3 Å². The Morgan fingerprint density at radius 3 is 2.48 bits per heavy atom. The number of likely N-dealkylation sites (tertiary alicyclic amines) is 1. The fraction of sp³-hybridized carbons (Fsp3) is 0.600. The van der Waals surface area contributed by atoms with Gasteiger partial charge in [-0.2, -0.15) is 0 Å². The third kappa shape index (κ3) is 4.44. The zero-order chi connectivity index (χ0) is 18.8. The van der Waals surface area contributed by atoms with Crippen LogP contribution in [0.2, 0.25) is 0 Å². The molecule has 0 saturated carbocycles. The van der Waals surface area contributed by atoms with Gasteiger partial charge in [0.15, 0.2) is 0 Å². The van der Waals surface area contributed by atoms with Crippen molar-refractivity contribution in [2.75, 3.05) is 13.1 Å². The lowest BCUT2D eigenvalue weighted by Gasteiger charge is -2.33. The van der Waals surface area contributed by atoms with E-state index in [1.807, 2.05) is 0 Å². The molecule has 0 spiro atoms. The van der Waals surface area contributed by atoms with Gasteiger partial charge in [-0.25, -0.2) is 18.2 Å². The van der Waals surface area contributed by atoms with Crippen LogP contribution in [0.1, 0.15) is 33.6 Å². The molecule has 0 aromatic carbocycles. The van der Waals surface area contributed by atoms with E-state index in [2.05, 4.69) is 4.98 Å². The number of ether oxygens (including phenoxy) is 1. The molecule has 1 aliphatic heterocycles. The number of carbonyl (C=O) groups excluding carboxylic acids is 1. The Morgan fingerprint density at radius 1 is 1.36 bits per heavy atom. The van der Waals surface area contributed by atoms with Crippen LogP contribution in [0.3, 0.4) is 0 Å². The van der Waals surface area contributed by atoms with Crippen molar-refractivity contribution < 1.29 is 22.9 Å². The first-order chi connectivity index (χ1) is 11.5. The first-order valence-corrected chi connectivity index (χ1v) is 9.38. The van der Waals surface area contributed by atoms with Crippen molar-refractivity contribution >= 4 is 21.6 Å². The number of piperidine rings is 1. The second-order valence-corrected chi connectivity index (χ2v) is 8.94. The highest BCUT2D eigenvalue weighted by atomic mass is 32.2. The zero-order valence-electron chi connectivity index (χ0n) is 14.3. The predicted molar refractivity (Wildman–Crippen MR) is 88.9 cm³/mol. The predicted octanol–water partition coefficient (Wildman–Crippen LogP) is 2.16. The number of hydrogen-bond acceptors (Lipinski definition) is 7. The second kappa shape index (κ2) is 6.95. The Hall–Kier alpha value is -2.23. The monoisotopic (exact) mass is 371 g/mol. The number of sulfone groups is 1. The van der Waals surface area contributed by atoms with Crippen LogP contribution >= 0.6 is 0 Å². The van der Waals surface area contributed by atoms with E-state index >= 15 is 0 Å². The fourth-order valence-corrected chi connectivity index (χ4v) is 4.36. The Morgan fingerprint density at radius 2 is 1.96 bits per heavy atom. The summed E-state index contributed by atoms with van der Waals surface area (Å²) in [5.41, 5.74) is -1.16. The van der Waals surface area contributed by atoms with Gasteiger partial charge in [-0.05, 0) is 39.7 Å². The van der Waals surface area contributed by atoms with Crippen molar-refractivity contribution in [1.82, 2.24) is 9.88 Å². The maximum absolute atomic E-state index is 12.7. The molecular weight excluding hydrogens is 350 g/mol. The summed E-state index contributed by atoms with van der Waals surface area (Å²) >= 11 is 0. The molecule has 138 valence electrons. The molecule has 0 aliphatic carbocycles. The standard InChI is InChI=1S/C15H21N3O6S/c1-15(2,3)24-14(19)17-9-6-11(7-10-17)25(22,23)13-12(18(20)21)5-4-8-16-13/h4-5,8,11H,6-7,9-10H2,1-3H3. The number of nitrogens with zero attached hydrogens (tertiary/aromatic N) is 3. The van der Waals surface area contributed by atoms with Crippen LogP contribution < -0.4 is 0 Å². The summed E-state index contributed by atoms with van der Waals surface area (Å²) < 4.78 is 30.7. The van der Waals surface area contributed by atoms with Crippen molar-refractivity contribution in [3.05, 3.63) is 28.4 Å². The summed E-state index contributed by atoms with van der Waals surface area (Å²) in [6, 6.07) is 2.44. The smallest absolute Gasteiger partial charge is 0.410 e. The van der Waals surface area contributed by atoms with E-state index in [4.69, 9.17) is 4.74 Å². The molecule has 2 rings (SSSR count). The van der Waals surface area contributed by atoms with Gasteiger partial charge in [0.1, 0.15) is 5.60 Å². The molecular formula is C15H21N3O6S. The average Bonchev–Trinajstić information content (AvgIpc) is 2.53. The summed E-state index contributed by atoms with van der Waals surface area (Å²) in [7, 11) is -3.95. The molecule has 1 aromatic rings. The van der Waals surface area contributed by atoms with E-state index in [1.54, 1.807) is 20.8 Å². The van der Waals surface area contributed by atoms with E-state index in [9.17, 15) is 23.3 Å². The third-order valence-corrected chi connectivity index (χ3v) is 5.95. The quantitative estimate of drug-likeness (QED) is 0.590. The van der Waals surface area contributed by atoms with Crippen molar-refractivity contribution in [1.29, 1.82) is 0 Å². The van der Waals surface area contributed by atoms with Crippen molar-refractivity contribution in [2.24, 2.45) is 0 Å². The van der Waals surface area contributed by atoms with Crippen LogP contribution in [0.15, 0.2) is 23.4 Å². The maximum atomic E-state index is 12.7. The second-order valence-electron chi connectivity index (χ2n) is 6.80. The maximum Gasteiger partial charge on any atom is 0.410 e. The van der Waals surface area contributed by atoms with E-state index in [0.29, 0.717) is 0 Å². The Balaban J connectivity index is 2.12. The van der Waals surface area contributed by atoms with E-state index < -0.39 is 42.4 Å². The van der Waals surface area contributed by atoms with E-state index in [-0.39, 0.29) is 25.9 Å². The lowest BCUT2D eigenvalue weighted by atomic mass is 10.1. The van der Waals surface area contributed by atoms with Crippen molar-refractivity contribution in [3.8, 4) is 0 Å². The van der Waals surface area contributed by atoms with Crippen LogP contribution in [0.5, 0.6) is 0 Å². The van der Waals surface area contributed by atoms with Crippen LogP contribution in [0, 0.1) is 10.1 Å². The minimum atomic E-state index is -3.95. The van der Waals surface area contributed by atoms with Crippen LogP contribution in [0.25, 0.3) is 0 Å². The SMILES string of the molecule is CC(C)(C)OC(=O)N1CCC(S(=O)(=O)c2ncccc2[N+](=O)[O-])CC1. The summed E-state index contributed by atoms with van der Waals surface area (Å²) in [6.45, 7) is 5.67. The van der Waals surface area contributed by atoms with Gasteiger partial charge in [0.05, 0.1) is 10.2 Å². The number of aromatic nitrogens is 1. The zero-order valence-corrected chi connectivity index (χ0v) is 15.2.